The van der Waals surface area contributed by atoms with Crippen LogP contribution in [-0.4, -0.2) is 8.42 Å². The van der Waals surface area contributed by atoms with E-state index in [2.05, 4.69) is 4.72 Å². The van der Waals surface area contributed by atoms with Gasteiger partial charge in [0.15, 0.2) is 0 Å². The van der Waals surface area contributed by atoms with Gasteiger partial charge >= 0.3 is 0 Å². The molecule has 0 aliphatic rings. The molecule has 1 N–H and O–H groups in total. The molecule has 0 heterocycles. The summed E-state index contributed by atoms with van der Waals surface area (Å²) in [7, 11) is -3.53. The lowest BCUT2D eigenvalue weighted by Crippen LogP contribution is -2.27. The fourth-order valence-corrected chi connectivity index (χ4v) is 3.87. The molecule has 2 aromatic rings. The van der Waals surface area contributed by atoms with Crippen molar-refractivity contribution in [1.29, 1.82) is 0 Å². The van der Waals surface area contributed by atoms with Gasteiger partial charge in [-0.3, -0.25) is 0 Å². The molecule has 0 aliphatic heterocycles. The second-order valence-corrected chi connectivity index (χ2v) is 7.14. The first kappa shape index (κ1) is 15.7. The van der Waals surface area contributed by atoms with Gasteiger partial charge < -0.3 is 0 Å². The first-order valence-electron chi connectivity index (χ1n) is 6.96. The van der Waals surface area contributed by atoms with Gasteiger partial charge in [-0.25, -0.2) is 13.1 Å². The molecule has 0 saturated carbocycles. The van der Waals surface area contributed by atoms with E-state index in [1.165, 1.54) is 0 Å². The summed E-state index contributed by atoms with van der Waals surface area (Å²) in [5.74, 6) is 0. The molecule has 0 radical (unpaired) electrons. The molecule has 0 bridgehead atoms. The minimum absolute atomic E-state index is 0.266. The highest BCUT2D eigenvalue weighted by atomic mass is 32.2. The molecule has 4 heteroatoms. The summed E-state index contributed by atoms with van der Waals surface area (Å²) in [6.07, 6.45) is 0. The van der Waals surface area contributed by atoms with Crippen molar-refractivity contribution in [2.45, 2.75) is 38.6 Å². The molecular weight excluding hydrogens is 282 g/mol. The van der Waals surface area contributed by atoms with E-state index in [0.29, 0.717) is 4.90 Å². The topological polar surface area (TPSA) is 46.2 Å². The van der Waals surface area contributed by atoms with Crippen LogP contribution < -0.4 is 4.72 Å². The normalized spacial score (nSPS) is 13.1. The number of benzene rings is 2. The summed E-state index contributed by atoms with van der Waals surface area (Å²) < 4.78 is 27.9. The lowest BCUT2D eigenvalue weighted by molar-refractivity contribution is 0.566. The van der Waals surface area contributed by atoms with Crippen LogP contribution >= 0.6 is 0 Å². The Balaban J connectivity index is 2.33. The Morgan fingerprint density at radius 2 is 1.48 bits per heavy atom. The van der Waals surface area contributed by atoms with E-state index < -0.39 is 10.0 Å². The summed E-state index contributed by atoms with van der Waals surface area (Å²) in [5.41, 5.74) is 3.80. The molecule has 0 spiro atoms. The summed E-state index contributed by atoms with van der Waals surface area (Å²) in [6, 6.07) is 12.9. The third-order valence-electron chi connectivity index (χ3n) is 3.71. The van der Waals surface area contributed by atoms with E-state index in [4.69, 9.17) is 0 Å². The van der Waals surface area contributed by atoms with Crippen LogP contribution in [0, 0.1) is 20.8 Å². The number of hydrogen-bond acceptors (Lipinski definition) is 2. The second-order valence-electron chi connectivity index (χ2n) is 5.46. The fraction of sp³-hybridized carbons (Fsp3) is 0.294. The Hall–Kier alpha value is -1.65. The Morgan fingerprint density at radius 1 is 0.905 bits per heavy atom. The Morgan fingerprint density at radius 3 is 2.10 bits per heavy atom. The van der Waals surface area contributed by atoms with E-state index in [-0.39, 0.29) is 6.04 Å². The van der Waals surface area contributed by atoms with E-state index in [1.807, 2.05) is 64.1 Å². The van der Waals surface area contributed by atoms with Crippen LogP contribution in [0.15, 0.2) is 47.4 Å². The van der Waals surface area contributed by atoms with Crippen LogP contribution in [-0.2, 0) is 10.0 Å². The maximum Gasteiger partial charge on any atom is 0.241 e. The molecule has 1 atom stereocenters. The quantitative estimate of drug-likeness (QED) is 0.937. The van der Waals surface area contributed by atoms with Crippen molar-refractivity contribution in [2.75, 3.05) is 0 Å². The highest BCUT2D eigenvalue weighted by Gasteiger charge is 2.20. The number of nitrogens with one attached hydrogen (secondary N) is 1. The molecule has 0 aliphatic carbocycles. The minimum Gasteiger partial charge on any atom is -0.207 e. The smallest absolute Gasteiger partial charge is 0.207 e. The summed E-state index contributed by atoms with van der Waals surface area (Å²) in [5, 5.41) is 0. The maximum absolute atomic E-state index is 12.6. The zero-order chi connectivity index (χ0) is 15.6. The fourth-order valence-electron chi connectivity index (χ4n) is 2.33. The molecule has 1 unspecified atom stereocenters. The Labute approximate surface area is 127 Å². The van der Waals surface area contributed by atoms with E-state index in [1.54, 1.807) is 6.07 Å². The second kappa shape index (κ2) is 6.00. The molecule has 112 valence electrons. The van der Waals surface area contributed by atoms with Crippen molar-refractivity contribution in [1.82, 2.24) is 4.72 Å². The summed E-state index contributed by atoms with van der Waals surface area (Å²) in [6.45, 7) is 7.59. The Bertz CT molecular complexity index is 737. The molecule has 2 aromatic carbocycles. The van der Waals surface area contributed by atoms with Gasteiger partial charge in [-0.1, -0.05) is 36.4 Å². The average Bonchev–Trinajstić information content (AvgIpc) is 2.43. The van der Waals surface area contributed by atoms with Gasteiger partial charge in [0.2, 0.25) is 10.0 Å². The third-order valence-corrected chi connectivity index (χ3v) is 5.40. The summed E-state index contributed by atoms with van der Waals surface area (Å²) >= 11 is 0. The Kier molecular flexibility index (Phi) is 4.49. The van der Waals surface area contributed by atoms with E-state index in [9.17, 15) is 8.42 Å². The van der Waals surface area contributed by atoms with E-state index in [0.717, 1.165) is 22.3 Å². The number of sulfonamides is 1. The van der Waals surface area contributed by atoms with Gasteiger partial charge in [0.05, 0.1) is 4.90 Å². The average molecular weight is 303 g/mol. The molecule has 21 heavy (non-hydrogen) atoms. The van der Waals surface area contributed by atoms with Crippen LogP contribution in [0.4, 0.5) is 0 Å². The maximum atomic E-state index is 12.6. The first-order chi connectivity index (χ1) is 9.81. The van der Waals surface area contributed by atoms with Gasteiger partial charge in [-0.05, 0) is 56.0 Å². The number of rotatable bonds is 4. The summed E-state index contributed by atoms with van der Waals surface area (Å²) in [4.78, 5) is 0.355. The standard InChI is InChI=1S/C17H21NO2S/c1-12-10-14(3)17(11-13(12)2)21(19,20)18-15(4)16-8-6-5-7-9-16/h5-11,15,18H,1-4H3. The lowest BCUT2D eigenvalue weighted by atomic mass is 10.1. The van der Waals surface area contributed by atoms with Gasteiger partial charge in [-0.15, -0.1) is 0 Å². The van der Waals surface area contributed by atoms with Gasteiger partial charge in [0.1, 0.15) is 0 Å². The predicted molar refractivity (Wildman–Crippen MR) is 85.8 cm³/mol. The van der Waals surface area contributed by atoms with Crippen molar-refractivity contribution in [3.05, 3.63) is 64.7 Å². The zero-order valence-corrected chi connectivity index (χ0v) is 13.7. The third kappa shape index (κ3) is 3.52. The van der Waals surface area contributed by atoms with Gasteiger partial charge in [-0.2, -0.15) is 0 Å². The van der Waals surface area contributed by atoms with Crippen molar-refractivity contribution in [3.63, 3.8) is 0 Å². The van der Waals surface area contributed by atoms with Gasteiger partial charge in [0, 0.05) is 6.04 Å². The molecule has 0 saturated heterocycles. The lowest BCUT2D eigenvalue weighted by Gasteiger charge is -2.17. The van der Waals surface area contributed by atoms with Crippen LogP contribution in [0.2, 0.25) is 0 Å². The molecule has 0 amide bonds. The monoisotopic (exact) mass is 303 g/mol. The molecule has 0 fully saturated rings. The van der Waals surface area contributed by atoms with E-state index >= 15 is 0 Å². The first-order valence-corrected chi connectivity index (χ1v) is 8.44. The molecular formula is C17H21NO2S. The molecule has 2 rings (SSSR count). The largest absolute Gasteiger partial charge is 0.241 e. The highest BCUT2D eigenvalue weighted by molar-refractivity contribution is 7.89. The minimum atomic E-state index is -3.53. The number of aryl methyl sites for hydroxylation is 3. The van der Waals surface area contributed by atoms with Crippen LogP contribution in [0.5, 0.6) is 0 Å². The molecule has 0 aromatic heterocycles. The van der Waals surface area contributed by atoms with Crippen molar-refractivity contribution in [3.8, 4) is 0 Å². The van der Waals surface area contributed by atoms with Gasteiger partial charge in [0.25, 0.3) is 0 Å². The van der Waals surface area contributed by atoms with Crippen LogP contribution in [0.25, 0.3) is 0 Å². The highest BCUT2D eigenvalue weighted by Crippen LogP contribution is 2.22. The van der Waals surface area contributed by atoms with Crippen molar-refractivity contribution >= 4 is 10.0 Å². The number of hydrogen-bond donors (Lipinski definition) is 1. The molecule has 3 nitrogen and oxygen atoms in total. The zero-order valence-electron chi connectivity index (χ0n) is 12.8. The SMILES string of the molecule is Cc1cc(C)c(S(=O)(=O)NC(C)c2ccccc2)cc1C. The van der Waals surface area contributed by atoms with Crippen LogP contribution in [0.1, 0.15) is 35.2 Å². The predicted octanol–water partition coefficient (Wildman–Crippen LogP) is 3.65. The van der Waals surface area contributed by atoms with Crippen molar-refractivity contribution < 1.29 is 8.42 Å². The van der Waals surface area contributed by atoms with Crippen LogP contribution in [0.3, 0.4) is 0 Å². The van der Waals surface area contributed by atoms with Crippen molar-refractivity contribution in [2.24, 2.45) is 0 Å².